The van der Waals surface area contributed by atoms with Gasteiger partial charge in [0.15, 0.2) is 12.7 Å². The van der Waals surface area contributed by atoms with E-state index in [4.69, 9.17) is 4.74 Å². The smallest absolute Gasteiger partial charge is 0.336 e. The van der Waals surface area contributed by atoms with Crippen molar-refractivity contribution >= 4 is 17.6 Å². The molecule has 1 aromatic rings. The first kappa shape index (κ1) is 16.4. The molecule has 0 aliphatic carbocycles. The molecule has 1 atom stereocenters. The summed E-state index contributed by atoms with van der Waals surface area (Å²) in [5.74, 6) is -1.13. The highest BCUT2D eigenvalue weighted by Crippen LogP contribution is 2.16. The number of rotatable bonds is 7. The molecule has 1 aromatic carbocycles. The predicted molar refractivity (Wildman–Crippen MR) is 69.6 cm³/mol. The highest BCUT2D eigenvalue weighted by atomic mass is 16.6. The van der Waals surface area contributed by atoms with Gasteiger partial charge in [0.25, 0.3) is 11.6 Å². The van der Waals surface area contributed by atoms with Crippen LogP contribution in [-0.2, 0) is 14.3 Å². The van der Waals surface area contributed by atoms with Crippen LogP contribution in [0.3, 0.4) is 0 Å². The normalized spacial score (nSPS) is 11.3. The second-order valence-corrected chi connectivity index (χ2v) is 3.88. The van der Waals surface area contributed by atoms with Gasteiger partial charge in [-0.25, -0.2) is 4.79 Å². The van der Waals surface area contributed by atoms with Crippen LogP contribution < -0.4 is 10.1 Å². The molecule has 2 N–H and O–H groups in total. The van der Waals surface area contributed by atoms with Crippen molar-refractivity contribution < 1.29 is 29.1 Å². The highest BCUT2D eigenvalue weighted by Gasteiger charge is 2.16. The van der Waals surface area contributed by atoms with Crippen molar-refractivity contribution in [3.8, 4) is 5.75 Å². The summed E-state index contributed by atoms with van der Waals surface area (Å²) in [6.45, 7) is -0.652. The number of esters is 1. The third-order valence-electron chi connectivity index (χ3n) is 2.38. The largest absolute Gasteiger partial charge is 0.484 e. The van der Waals surface area contributed by atoms with E-state index in [1.54, 1.807) is 0 Å². The number of nitrogens with one attached hydrogen (secondary N) is 1. The molecule has 0 fully saturated rings. The topological polar surface area (TPSA) is 128 Å². The van der Waals surface area contributed by atoms with Crippen LogP contribution in [0, 0.1) is 10.1 Å². The molecule has 21 heavy (non-hydrogen) atoms. The first-order chi connectivity index (χ1) is 9.93. The average Bonchev–Trinajstić information content (AvgIpc) is 2.49. The lowest BCUT2D eigenvalue weighted by molar-refractivity contribution is -0.384. The molecule has 1 amide bonds. The minimum atomic E-state index is -1.45. The number of amides is 1. The molecule has 9 heteroatoms. The van der Waals surface area contributed by atoms with E-state index < -0.39 is 22.9 Å². The number of methoxy groups -OCH3 is 1. The quantitative estimate of drug-likeness (QED) is 0.399. The van der Waals surface area contributed by atoms with Crippen LogP contribution >= 0.6 is 0 Å². The minimum absolute atomic E-state index is 0.0898. The Labute approximate surface area is 119 Å². The van der Waals surface area contributed by atoms with Crippen molar-refractivity contribution in [1.29, 1.82) is 0 Å². The number of nitro benzene ring substituents is 1. The monoisotopic (exact) mass is 298 g/mol. The Morgan fingerprint density at radius 1 is 1.38 bits per heavy atom. The van der Waals surface area contributed by atoms with Crippen LogP contribution in [0.25, 0.3) is 0 Å². The summed E-state index contributed by atoms with van der Waals surface area (Å²) in [6, 6.07) is 5.20. The Morgan fingerprint density at radius 3 is 2.52 bits per heavy atom. The van der Waals surface area contributed by atoms with Crippen LogP contribution in [0.2, 0.25) is 0 Å². The number of carbonyl (C=O) groups excluding carboxylic acids is 2. The van der Waals surface area contributed by atoms with Crippen LogP contribution in [-0.4, -0.2) is 48.3 Å². The molecule has 0 aliphatic rings. The van der Waals surface area contributed by atoms with Crippen molar-refractivity contribution in [3.05, 3.63) is 34.4 Å². The summed E-state index contributed by atoms with van der Waals surface area (Å²) in [5, 5.41) is 22.0. The highest BCUT2D eigenvalue weighted by molar-refractivity contribution is 5.79. The molecule has 0 heterocycles. The van der Waals surface area contributed by atoms with Crippen LogP contribution in [0.4, 0.5) is 5.69 Å². The van der Waals surface area contributed by atoms with Crippen LogP contribution in [0.1, 0.15) is 0 Å². The maximum Gasteiger partial charge on any atom is 0.336 e. The molecule has 0 radical (unpaired) electrons. The molecule has 0 spiro atoms. The van der Waals surface area contributed by atoms with E-state index in [1.165, 1.54) is 24.3 Å². The molecular formula is C12H14N2O7. The van der Waals surface area contributed by atoms with Gasteiger partial charge in [0.1, 0.15) is 5.75 Å². The van der Waals surface area contributed by atoms with Gasteiger partial charge in [0, 0.05) is 12.1 Å². The number of non-ortho nitro benzene ring substituents is 1. The molecule has 9 nitrogen and oxygen atoms in total. The van der Waals surface area contributed by atoms with E-state index in [9.17, 15) is 24.8 Å². The standard InChI is InChI=1S/C12H14N2O7/c1-20-12(17)10(15)6-13-11(16)7-21-9-4-2-8(3-5-9)14(18)19/h2-5,10,15H,6-7H2,1H3,(H,13,16). The van der Waals surface area contributed by atoms with E-state index in [0.717, 1.165) is 7.11 Å². The number of benzene rings is 1. The van der Waals surface area contributed by atoms with Gasteiger partial charge in [0.05, 0.1) is 18.6 Å². The number of aliphatic hydroxyl groups is 1. The Morgan fingerprint density at radius 2 is 2.00 bits per heavy atom. The van der Waals surface area contributed by atoms with Crippen LogP contribution in [0.5, 0.6) is 5.75 Å². The molecule has 0 saturated carbocycles. The summed E-state index contributed by atoms with van der Waals surface area (Å²) in [4.78, 5) is 32.2. The number of hydrogen-bond acceptors (Lipinski definition) is 7. The zero-order valence-corrected chi connectivity index (χ0v) is 11.1. The number of aliphatic hydroxyl groups excluding tert-OH is 1. The van der Waals surface area contributed by atoms with Gasteiger partial charge in [-0.3, -0.25) is 14.9 Å². The predicted octanol–water partition coefficient (Wildman–Crippen LogP) is -0.376. The molecule has 0 bridgehead atoms. The number of nitrogens with zero attached hydrogens (tertiary/aromatic N) is 1. The molecule has 1 unspecified atom stereocenters. The van der Waals surface area contributed by atoms with E-state index >= 15 is 0 Å². The van der Waals surface area contributed by atoms with E-state index in [0.29, 0.717) is 0 Å². The third-order valence-corrected chi connectivity index (χ3v) is 2.38. The van der Waals surface area contributed by atoms with Gasteiger partial charge in [0.2, 0.25) is 0 Å². The zero-order valence-electron chi connectivity index (χ0n) is 11.1. The molecule has 0 saturated heterocycles. The van der Waals surface area contributed by atoms with Gasteiger partial charge in [-0.1, -0.05) is 0 Å². The van der Waals surface area contributed by atoms with E-state index in [-0.39, 0.29) is 24.6 Å². The number of hydrogen-bond donors (Lipinski definition) is 2. The fourth-order valence-electron chi connectivity index (χ4n) is 1.29. The number of ether oxygens (including phenoxy) is 2. The molecule has 0 aromatic heterocycles. The van der Waals surface area contributed by atoms with Crippen molar-refractivity contribution in [2.45, 2.75) is 6.10 Å². The van der Waals surface area contributed by atoms with Gasteiger partial charge in [-0.2, -0.15) is 0 Å². The second kappa shape index (κ2) is 7.80. The summed E-state index contributed by atoms with van der Waals surface area (Å²) >= 11 is 0. The molecule has 0 aliphatic heterocycles. The SMILES string of the molecule is COC(=O)C(O)CNC(=O)COc1ccc([N+](=O)[O-])cc1. The lowest BCUT2D eigenvalue weighted by Crippen LogP contribution is -2.39. The fraction of sp³-hybridized carbons (Fsp3) is 0.333. The van der Waals surface area contributed by atoms with E-state index in [2.05, 4.69) is 10.1 Å². The Hall–Kier alpha value is -2.68. The first-order valence-electron chi connectivity index (χ1n) is 5.84. The Kier molecular flexibility index (Phi) is 6.08. The molecule has 1 rings (SSSR count). The van der Waals surface area contributed by atoms with Gasteiger partial charge in [-0.15, -0.1) is 0 Å². The van der Waals surface area contributed by atoms with Gasteiger partial charge in [-0.05, 0) is 12.1 Å². The lowest BCUT2D eigenvalue weighted by atomic mass is 10.3. The lowest BCUT2D eigenvalue weighted by Gasteiger charge is -2.10. The minimum Gasteiger partial charge on any atom is -0.484 e. The number of carbonyl (C=O) groups is 2. The van der Waals surface area contributed by atoms with Crippen LogP contribution in [0.15, 0.2) is 24.3 Å². The van der Waals surface area contributed by atoms with Crippen molar-refractivity contribution in [3.63, 3.8) is 0 Å². The van der Waals surface area contributed by atoms with Crippen molar-refractivity contribution in [2.24, 2.45) is 0 Å². The average molecular weight is 298 g/mol. The van der Waals surface area contributed by atoms with Crippen molar-refractivity contribution in [1.82, 2.24) is 5.32 Å². The molecule has 114 valence electrons. The maximum absolute atomic E-state index is 11.4. The maximum atomic E-state index is 11.4. The van der Waals surface area contributed by atoms with E-state index in [1.807, 2.05) is 0 Å². The zero-order chi connectivity index (χ0) is 15.8. The Balaban J connectivity index is 2.36. The van der Waals surface area contributed by atoms with Crippen molar-refractivity contribution in [2.75, 3.05) is 20.3 Å². The second-order valence-electron chi connectivity index (χ2n) is 3.88. The first-order valence-corrected chi connectivity index (χ1v) is 5.84. The molecular weight excluding hydrogens is 284 g/mol. The summed E-state index contributed by atoms with van der Waals surface area (Å²) in [7, 11) is 1.12. The summed E-state index contributed by atoms with van der Waals surface area (Å²) < 4.78 is 9.37. The number of nitro groups is 1. The Bertz CT molecular complexity index is 515. The summed E-state index contributed by atoms with van der Waals surface area (Å²) in [5.41, 5.74) is -0.0898. The third kappa shape index (κ3) is 5.45. The van der Waals surface area contributed by atoms with Gasteiger partial charge >= 0.3 is 5.97 Å². The van der Waals surface area contributed by atoms with Gasteiger partial charge < -0.3 is 19.9 Å². The fourth-order valence-corrected chi connectivity index (χ4v) is 1.29. The summed E-state index contributed by atoms with van der Waals surface area (Å²) in [6.07, 6.45) is -1.45.